The Bertz CT molecular complexity index is 1180. The van der Waals surface area contributed by atoms with Crippen molar-refractivity contribution in [2.45, 2.75) is 4.90 Å². The number of aromatic nitrogens is 1. The second-order valence-corrected chi connectivity index (χ2v) is 8.90. The van der Waals surface area contributed by atoms with E-state index in [2.05, 4.69) is 10.3 Å². The summed E-state index contributed by atoms with van der Waals surface area (Å²) in [6.45, 7) is -0.419. The van der Waals surface area contributed by atoms with Gasteiger partial charge in [0.05, 0.1) is 28.8 Å². The molecule has 3 aromatic rings. The Hall–Kier alpha value is -3.13. The van der Waals surface area contributed by atoms with Gasteiger partial charge in [-0.05, 0) is 36.4 Å². The van der Waals surface area contributed by atoms with Gasteiger partial charge in [0.15, 0.2) is 5.13 Å². The van der Waals surface area contributed by atoms with Crippen LogP contribution in [-0.4, -0.2) is 37.2 Å². The summed E-state index contributed by atoms with van der Waals surface area (Å²) in [7, 11) is -2.60. The van der Waals surface area contributed by atoms with Crippen molar-refractivity contribution >= 4 is 32.4 Å². The first-order valence-electron chi connectivity index (χ1n) is 8.27. The number of thiazole rings is 1. The fourth-order valence-electron chi connectivity index (χ4n) is 2.44. The van der Waals surface area contributed by atoms with E-state index in [4.69, 9.17) is 5.26 Å². The number of carbonyl (C=O) groups excluding carboxylic acids is 1. The lowest BCUT2D eigenvalue weighted by molar-refractivity contribution is -0.116. The minimum absolute atomic E-state index is 0.0190. The van der Waals surface area contributed by atoms with E-state index in [-0.39, 0.29) is 10.0 Å². The fraction of sp³-hybridized carbons (Fsp3) is 0.105. The molecule has 0 unspecified atom stereocenters. The quantitative estimate of drug-likeness (QED) is 0.647. The maximum Gasteiger partial charge on any atom is 0.243 e. The Morgan fingerprint density at radius 2 is 2.00 bits per heavy atom. The lowest BCUT2D eigenvalue weighted by atomic mass is 10.2. The summed E-state index contributed by atoms with van der Waals surface area (Å²) < 4.78 is 39.4. The molecule has 29 heavy (non-hydrogen) atoms. The molecule has 0 aliphatic carbocycles. The van der Waals surface area contributed by atoms with Crippen molar-refractivity contribution in [3.63, 3.8) is 0 Å². The summed E-state index contributed by atoms with van der Waals surface area (Å²) >= 11 is 1.15. The van der Waals surface area contributed by atoms with Crippen LogP contribution in [0, 0.1) is 17.1 Å². The largest absolute Gasteiger partial charge is 0.301 e. The Morgan fingerprint density at radius 1 is 1.28 bits per heavy atom. The molecule has 0 aliphatic rings. The van der Waals surface area contributed by atoms with Crippen molar-refractivity contribution in [2.24, 2.45) is 0 Å². The number of nitrogens with one attached hydrogen (secondary N) is 1. The van der Waals surface area contributed by atoms with Crippen LogP contribution in [0.2, 0.25) is 0 Å². The van der Waals surface area contributed by atoms with Gasteiger partial charge in [-0.25, -0.2) is 17.8 Å². The number of halogens is 1. The van der Waals surface area contributed by atoms with Crippen LogP contribution in [-0.2, 0) is 14.8 Å². The lowest BCUT2D eigenvalue weighted by Gasteiger charge is -2.16. The molecule has 7 nitrogen and oxygen atoms in total. The normalized spacial score (nSPS) is 11.2. The number of likely N-dealkylation sites (N-methyl/N-ethyl adjacent to an activating group) is 1. The second-order valence-electron chi connectivity index (χ2n) is 5.99. The molecule has 0 saturated carbocycles. The van der Waals surface area contributed by atoms with Crippen molar-refractivity contribution in [2.75, 3.05) is 18.9 Å². The third-order valence-corrected chi connectivity index (χ3v) is 6.50. The van der Waals surface area contributed by atoms with Crippen LogP contribution in [0.4, 0.5) is 9.52 Å². The highest BCUT2D eigenvalue weighted by Crippen LogP contribution is 2.25. The van der Waals surface area contributed by atoms with Gasteiger partial charge in [0, 0.05) is 18.0 Å². The van der Waals surface area contributed by atoms with Crippen LogP contribution in [0.15, 0.2) is 58.8 Å². The predicted octanol–water partition coefficient (Wildman–Crippen LogP) is 3.08. The third kappa shape index (κ3) is 4.83. The number of nitriles is 1. The summed E-state index contributed by atoms with van der Waals surface area (Å²) in [5, 5.41) is 13.3. The molecule has 1 amide bonds. The van der Waals surface area contributed by atoms with Crippen molar-refractivity contribution in [1.29, 1.82) is 5.26 Å². The molecule has 1 heterocycles. The molecule has 1 aromatic heterocycles. The zero-order valence-corrected chi connectivity index (χ0v) is 16.8. The van der Waals surface area contributed by atoms with E-state index in [1.807, 2.05) is 6.07 Å². The van der Waals surface area contributed by atoms with E-state index < -0.39 is 28.3 Å². The molecule has 0 bridgehead atoms. The smallest absolute Gasteiger partial charge is 0.243 e. The molecule has 0 atom stereocenters. The second kappa shape index (κ2) is 8.48. The molecule has 0 aliphatic heterocycles. The summed E-state index contributed by atoms with van der Waals surface area (Å²) in [6.07, 6.45) is 0. The zero-order valence-electron chi connectivity index (χ0n) is 15.2. The first kappa shape index (κ1) is 20.6. The SMILES string of the molecule is CN(CC(=O)Nc1nc(-c2cccc(F)c2)cs1)S(=O)(=O)c1ccc(C#N)cc1. The van der Waals surface area contributed by atoms with Crippen LogP contribution in [0.5, 0.6) is 0 Å². The van der Waals surface area contributed by atoms with E-state index in [9.17, 15) is 17.6 Å². The maximum absolute atomic E-state index is 13.3. The van der Waals surface area contributed by atoms with Gasteiger partial charge < -0.3 is 5.32 Å². The molecular weight excluding hydrogens is 415 g/mol. The molecule has 3 rings (SSSR count). The molecule has 1 N–H and O–H groups in total. The highest BCUT2D eigenvalue weighted by Gasteiger charge is 2.23. The van der Waals surface area contributed by atoms with Gasteiger partial charge in [-0.1, -0.05) is 12.1 Å². The van der Waals surface area contributed by atoms with E-state index in [1.165, 1.54) is 43.4 Å². The lowest BCUT2D eigenvalue weighted by Crippen LogP contribution is -2.34. The van der Waals surface area contributed by atoms with E-state index in [0.29, 0.717) is 16.8 Å². The summed E-state index contributed by atoms with van der Waals surface area (Å²) in [6, 6.07) is 13.2. The zero-order chi connectivity index (χ0) is 21.0. The number of rotatable bonds is 6. The first-order chi connectivity index (χ1) is 13.8. The summed E-state index contributed by atoms with van der Waals surface area (Å²) in [4.78, 5) is 16.5. The van der Waals surface area contributed by atoms with Gasteiger partial charge in [-0.2, -0.15) is 9.57 Å². The highest BCUT2D eigenvalue weighted by molar-refractivity contribution is 7.89. The van der Waals surface area contributed by atoms with Gasteiger partial charge in [0.1, 0.15) is 5.82 Å². The van der Waals surface area contributed by atoms with Crippen molar-refractivity contribution in [3.05, 3.63) is 65.3 Å². The van der Waals surface area contributed by atoms with E-state index >= 15 is 0 Å². The van der Waals surface area contributed by atoms with Gasteiger partial charge in [-0.3, -0.25) is 4.79 Å². The van der Waals surface area contributed by atoms with E-state index in [1.54, 1.807) is 17.5 Å². The molecule has 0 fully saturated rings. The number of carbonyl (C=O) groups is 1. The van der Waals surface area contributed by atoms with Crippen LogP contribution < -0.4 is 5.32 Å². The van der Waals surface area contributed by atoms with Crippen LogP contribution in [0.25, 0.3) is 11.3 Å². The highest BCUT2D eigenvalue weighted by atomic mass is 32.2. The van der Waals surface area contributed by atoms with Crippen LogP contribution in [0.3, 0.4) is 0 Å². The van der Waals surface area contributed by atoms with Gasteiger partial charge in [-0.15, -0.1) is 11.3 Å². The Labute approximate surface area is 171 Å². The molecule has 10 heteroatoms. The standard InChI is InChI=1S/C19H15FN4O3S2/c1-24(29(26,27)16-7-5-13(10-21)6-8-16)11-18(25)23-19-22-17(12-28-19)14-3-2-4-15(20)9-14/h2-9,12H,11H2,1H3,(H,22,23,25). The number of hydrogen-bond donors (Lipinski definition) is 1. The summed E-state index contributed by atoms with van der Waals surface area (Å²) in [5.74, 6) is -0.958. The average molecular weight is 430 g/mol. The number of sulfonamides is 1. The number of amides is 1. The van der Waals surface area contributed by atoms with Crippen LogP contribution in [0.1, 0.15) is 5.56 Å². The predicted molar refractivity (Wildman–Crippen MR) is 107 cm³/mol. The van der Waals surface area contributed by atoms with Crippen LogP contribution >= 0.6 is 11.3 Å². The monoisotopic (exact) mass is 430 g/mol. The number of anilines is 1. The van der Waals surface area contributed by atoms with Gasteiger partial charge >= 0.3 is 0 Å². The third-order valence-electron chi connectivity index (χ3n) is 3.93. The molecular formula is C19H15FN4O3S2. The average Bonchev–Trinajstić information content (AvgIpc) is 3.16. The maximum atomic E-state index is 13.3. The minimum atomic E-state index is -3.89. The number of benzene rings is 2. The van der Waals surface area contributed by atoms with Crippen molar-refractivity contribution in [3.8, 4) is 17.3 Å². The van der Waals surface area contributed by atoms with E-state index in [0.717, 1.165) is 15.6 Å². The molecule has 0 radical (unpaired) electrons. The number of nitrogens with zero attached hydrogens (tertiary/aromatic N) is 3. The Morgan fingerprint density at radius 3 is 2.66 bits per heavy atom. The van der Waals surface area contributed by atoms with Gasteiger partial charge in [0.25, 0.3) is 0 Å². The van der Waals surface area contributed by atoms with Crippen molar-refractivity contribution in [1.82, 2.24) is 9.29 Å². The molecule has 2 aromatic carbocycles. The fourth-order valence-corrected chi connectivity index (χ4v) is 4.30. The molecule has 0 saturated heterocycles. The Balaban J connectivity index is 1.66. The number of hydrogen-bond acceptors (Lipinski definition) is 6. The summed E-state index contributed by atoms with van der Waals surface area (Å²) in [5.41, 5.74) is 1.41. The molecule has 148 valence electrons. The molecule has 0 spiro atoms. The Kier molecular flexibility index (Phi) is 6.03. The topological polar surface area (TPSA) is 103 Å². The van der Waals surface area contributed by atoms with Gasteiger partial charge in [0.2, 0.25) is 15.9 Å². The minimum Gasteiger partial charge on any atom is -0.301 e. The first-order valence-corrected chi connectivity index (χ1v) is 10.6. The van der Waals surface area contributed by atoms with Crippen molar-refractivity contribution < 1.29 is 17.6 Å².